The van der Waals surface area contributed by atoms with Crippen LogP contribution in [0.2, 0.25) is 0 Å². The van der Waals surface area contributed by atoms with Crippen molar-refractivity contribution in [3.05, 3.63) is 35.9 Å². The Balaban J connectivity index is 2.14. The van der Waals surface area contributed by atoms with E-state index >= 15 is 0 Å². The minimum atomic E-state index is -0.330. The highest BCUT2D eigenvalue weighted by Crippen LogP contribution is 2.32. The lowest BCUT2D eigenvalue weighted by molar-refractivity contribution is 0.298. The number of hydrogen-bond acceptors (Lipinski definition) is 2. The summed E-state index contributed by atoms with van der Waals surface area (Å²) in [5, 5.41) is 2.39. The fraction of sp³-hybridized carbons (Fsp3) is 0.500. The minimum absolute atomic E-state index is 0.330. The zero-order chi connectivity index (χ0) is 16.7. The van der Waals surface area contributed by atoms with Crippen LogP contribution in [0.15, 0.2) is 30.3 Å². The first-order chi connectivity index (χ1) is 11.2. The number of aryl methyl sites for hydroxylation is 1. The van der Waals surface area contributed by atoms with Crippen LogP contribution in [0, 0.1) is 0 Å². The SMILES string of the molecule is CCCCCCOc1ccc2c(CC)c(OC(C)Cl)ccc2c1. The lowest BCUT2D eigenvalue weighted by atomic mass is 10.0. The summed E-state index contributed by atoms with van der Waals surface area (Å²) >= 11 is 5.97. The van der Waals surface area contributed by atoms with Crippen LogP contribution in [0.4, 0.5) is 0 Å². The van der Waals surface area contributed by atoms with E-state index in [0.29, 0.717) is 0 Å². The van der Waals surface area contributed by atoms with Crippen molar-refractivity contribution in [2.24, 2.45) is 0 Å². The molecule has 0 aromatic heterocycles. The van der Waals surface area contributed by atoms with Gasteiger partial charge < -0.3 is 9.47 Å². The number of unbranched alkanes of at least 4 members (excludes halogenated alkanes) is 3. The van der Waals surface area contributed by atoms with Crippen LogP contribution < -0.4 is 9.47 Å². The maximum atomic E-state index is 5.97. The molecule has 0 aliphatic carbocycles. The highest BCUT2D eigenvalue weighted by atomic mass is 35.5. The molecule has 2 aromatic rings. The minimum Gasteiger partial charge on any atom is -0.494 e. The Labute approximate surface area is 144 Å². The molecule has 0 heterocycles. The summed E-state index contributed by atoms with van der Waals surface area (Å²) in [6, 6.07) is 10.4. The predicted molar refractivity (Wildman–Crippen MR) is 98.9 cm³/mol. The number of alkyl halides is 1. The van der Waals surface area contributed by atoms with Crippen molar-refractivity contribution in [2.75, 3.05) is 6.61 Å². The van der Waals surface area contributed by atoms with Gasteiger partial charge in [0.05, 0.1) is 6.61 Å². The van der Waals surface area contributed by atoms with Crippen LogP contribution in [0.1, 0.15) is 52.0 Å². The highest BCUT2D eigenvalue weighted by Gasteiger charge is 2.10. The molecule has 23 heavy (non-hydrogen) atoms. The topological polar surface area (TPSA) is 18.5 Å². The average molecular weight is 335 g/mol. The maximum Gasteiger partial charge on any atom is 0.169 e. The number of halogens is 1. The van der Waals surface area contributed by atoms with E-state index in [1.165, 1.54) is 35.6 Å². The normalized spacial score (nSPS) is 12.3. The summed E-state index contributed by atoms with van der Waals surface area (Å²) in [6.07, 6.45) is 5.80. The van der Waals surface area contributed by atoms with Crippen molar-refractivity contribution in [2.45, 2.75) is 58.4 Å². The van der Waals surface area contributed by atoms with Crippen LogP contribution in [0.25, 0.3) is 10.8 Å². The van der Waals surface area contributed by atoms with Crippen molar-refractivity contribution in [1.82, 2.24) is 0 Å². The first kappa shape index (κ1) is 17.9. The molecule has 0 saturated carbocycles. The van der Waals surface area contributed by atoms with Crippen LogP contribution in [-0.4, -0.2) is 12.2 Å². The molecule has 0 radical (unpaired) electrons. The zero-order valence-corrected chi connectivity index (χ0v) is 15.2. The molecule has 0 spiro atoms. The summed E-state index contributed by atoms with van der Waals surface area (Å²) in [7, 11) is 0. The molecular weight excluding hydrogens is 308 g/mol. The number of ether oxygens (including phenoxy) is 2. The van der Waals surface area contributed by atoms with E-state index in [9.17, 15) is 0 Å². The molecule has 3 heteroatoms. The van der Waals surface area contributed by atoms with E-state index in [4.69, 9.17) is 21.1 Å². The highest BCUT2D eigenvalue weighted by molar-refractivity contribution is 6.19. The van der Waals surface area contributed by atoms with Crippen molar-refractivity contribution < 1.29 is 9.47 Å². The van der Waals surface area contributed by atoms with Gasteiger partial charge in [-0.2, -0.15) is 0 Å². The number of rotatable bonds is 9. The average Bonchev–Trinajstić information content (AvgIpc) is 2.54. The quantitative estimate of drug-likeness (QED) is 0.394. The van der Waals surface area contributed by atoms with Gasteiger partial charge in [0.25, 0.3) is 0 Å². The molecule has 2 nitrogen and oxygen atoms in total. The lowest BCUT2D eigenvalue weighted by Crippen LogP contribution is -2.05. The van der Waals surface area contributed by atoms with Crippen molar-refractivity contribution in [3.8, 4) is 11.5 Å². The lowest BCUT2D eigenvalue weighted by Gasteiger charge is -2.15. The van der Waals surface area contributed by atoms with E-state index in [-0.39, 0.29) is 5.56 Å². The zero-order valence-electron chi connectivity index (χ0n) is 14.4. The Kier molecular flexibility index (Phi) is 7.04. The summed E-state index contributed by atoms with van der Waals surface area (Å²) in [5.74, 6) is 1.81. The van der Waals surface area contributed by atoms with Crippen molar-refractivity contribution in [3.63, 3.8) is 0 Å². The Morgan fingerprint density at radius 2 is 1.87 bits per heavy atom. The molecule has 0 saturated heterocycles. The second kappa shape index (κ2) is 9.02. The molecule has 0 bridgehead atoms. The number of benzene rings is 2. The first-order valence-corrected chi connectivity index (χ1v) is 9.08. The summed E-state index contributed by atoms with van der Waals surface area (Å²) in [5.41, 5.74) is 0.868. The molecule has 126 valence electrons. The molecule has 1 atom stereocenters. The third-order valence-corrected chi connectivity index (χ3v) is 4.06. The van der Waals surface area contributed by atoms with Gasteiger partial charge in [-0.1, -0.05) is 56.8 Å². The molecule has 1 unspecified atom stereocenters. The summed E-state index contributed by atoms with van der Waals surface area (Å²) in [4.78, 5) is 0. The first-order valence-electron chi connectivity index (χ1n) is 8.64. The number of fused-ring (bicyclic) bond motifs is 1. The van der Waals surface area contributed by atoms with E-state index in [1.54, 1.807) is 0 Å². The molecular formula is C20H27ClO2. The van der Waals surface area contributed by atoms with Gasteiger partial charge in [0.2, 0.25) is 0 Å². The monoisotopic (exact) mass is 334 g/mol. The van der Waals surface area contributed by atoms with Gasteiger partial charge in [-0.25, -0.2) is 0 Å². The summed E-state index contributed by atoms with van der Waals surface area (Å²) < 4.78 is 11.6. The number of hydrogen-bond donors (Lipinski definition) is 0. The van der Waals surface area contributed by atoms with E-state index in [0.717, 1.165) is 30.9 Å². The standard InChI is InChI=1S/C20H27ClO2/c1-4-6-7-8-13-22-17-10-11-19-16(14-17)9-12-20(18(19)5-2)23-15(3)21/h9-12,14-15H,4-8,13H2,1-3H3. The molecule has 0 aliphatic heterocycles. The fourth-order valence-corrected chi connectivity index (χ4v) is 2.91. The Hall–Kier alpha value is -1.41. The second-order valence-corrected chi connectivity index (χ2v) is 6.46. The second-order valence-electron chi connectivity index (χ2n) is 5.85. The molecule has 2 rings (SSSR count). The maximum absolute atomic E-state index is 5.97. The third kappa shape index (κ3) is 5.04. The third-order valence-electron chi connectivity index (χ3n) is 3.97. The van der Waals surface area contributed by atoms with Crippen LogP contribution >= 0.6 is 11.6 Å². The molecule has 0 amide bonds. The molecule has 0 N–H and O–H groups in total. The molecule has 0 fully saturated rings. The summed E-state index contributed by atoms with van der Waals surface area (Å²) in [6.45, 7) is 6.98. The van der Waals surface area contributed by atoms with Crippen molar-refractivity contribution >= 4 is 22.4 Å². The smallest absolute Gasteiger partial charge is 0.169 e. The van der Waals surface area contributed by atoms with Gasteiger partial charge >= 0.3 is 0 Å². The van der Waals surface area contributed by atoms with Gasteiger partial charge in [-0.05, 0) is 48.7 Å². The molecule has 0 aliphatic rings. The van der Waals surface area contributed by atoms with Gasteiger partial charge in [-0.3, -0.25) is 0 Å². The fourth-order valence-electron chi connectivity index (χ4n) is 2.81. The Morgan fingerprint density at radius 3 is 2.57 bits per heavy atom. The van der Waals surface area contributed by atoms with E-state index in [1.807, 2.05) is 13.0 Å². The largest absolute Gasteiger partial charge is 0.494 e. The van der Waals surface area contributed by atoms with Crippen LogP contribution in [-0.2, 0) is 6.42 Å². The van der Waals surface area contributed by atoms with Gasteiger partial charge in [0.15, 0.2) is 5.56 Å². The Morgan fingerprint density at radius 1 is 1.04 bits per heavy atom. The van der Waals surface area contributed by atoms with Gasteiger partial charge in [0, 0.05) is 5.56 Å². The van der Waals surface area contributed by atoms with E-state index in [2.05, 4.69) is 38.1 Å². The van der Waals surface area contributed by atoms with Crippen molar-refractivity contribution in [1.29, 1.82) is 0 Å². The van der Waals surface area contributed by atoms with Gasteiger partial charge in [-0.15, -0.1) is 0 Å². The Bertz CT molecular complexity index is 622. The van der Waals surface area contributed by atoms with E-state index < -0.39 is 0 Å². The van der Waals surface area contributed by atoms with Gasteiger partial charge in [0.1, 0.15) is 11.5 Å². The predicted octanol–water partition coefficient (Wildman–Crippen LogP) is 6.32. The van der Waals surface area contributed by atoms with Crippen LogP contribution in [0.5, 0.6) is 11.5 Å². The van der Waals surface area contributed by atoms with Crippen LogP contribution in [0.3, 0.4) is 0 Å². The molecule has 2 aromatic carbocycles.